The summed E-state index contributed by atoms with van der Waals surface area (Å²) in [6.07, 6.45) is -0.841. The molecular weight excluding hydrogens is 269 g/mol. The molecule has 3 nitrogen and oxygen atoms in total. The normalized spacial score (nSPS) is 23.0. The first-order valence-electron chi connectivity index (χ1n) is 7.45. The van der Waals surface area contributed by atoms with E-state index in [0.717, 1.165) is 11.1 Å². The Morgan fingerprint density at radius 2 is 2.00 bits per heavy atom. The molecule has 4 heteroatoms. The van der Waals surface area contributed by atoms with Crippen LogP contribution in [-0.2, 0) is 4.74 Å². The lowest BCUT2D eigenvalue weighted by Crippen LogP contribution is -2.46. The van der Waals surface area contributed by atoms with Crippen LogP contribution >= 0.6 is 0 Å². The van der Waals surface area contributed by atoms with Crippen molar-refractivity contribution in [1.29, 1.82) is 0 Å². The number of nitrogens with zero attached hydrogens (tertiary/aromatic N) is 1. The van der Waals surface area contributed by atoms with Crippen molar-refractivity contribution in [2.24, 2.45) is 0 Å². The Balaban J connectivity index is 2.03. The number of carbonyl (C=O) groups excluding carboxylic acids is 1. The van der Waals surface area contributed by atoms with Crippen LogP contribution in [-0.4, -0.2) is 35.9 Å². The van der Waals surface area contributed by atoms with Crippen LogP contribution in [0, 0.1) is 6.92 Å². The van der Waals surface area contributed by atoms with Gasteiger partial charge in [-0.3, -0.25) is 0 Å². The summed E-state index contributed by atoms with van der Waals surface area (Å²) in [7, 11) is 0. The van der Waals surface area contributed by atoms with Gasteiger partial charge in [0.15, 0.2) is 0 Å². The topological polar surface area (TPSA) is 29.5 Å². The second-order valence-electron chi connectivity index (χ2n) is 6.69. The van der Waals surface area contributed by atoms with E-state index in [9.17, 15) is 9.18 Å². The maximum atomic E-state index is 14.5. The van der Waals surface area contributed by atoms with Crippen molar-refractivity contribution in [2.45, 2.75) is 51.8 Å². The second kappa shape index (κ2) is 6.04. The van der Waals surface area contributed by atoms with Gasteiger partial charge in [0.1, 0.15) is 11.8 Å². The Bertz CT molecular complexity index is 510. The first-order valence-corrected chi connectivity index (χ1v) is 7.45. The maximum Gasteiger partial charge on any atom is 0.410 e. The third-order valence-corrected chi connectivity index (χ3v) is 3.78. The number of aryl methyl sites for hydroxylation is 1. The van der Waals surface area contributed by atoms with Crippen LogP contribution in [0.5, 0.6) is 0 Å². The van der Waals surface area contributed by atoms with Crippen LogP contribution in [0.1, 0.15) is 44.2 Å². The molecule has 116 valence electrons. The van der Waals surface area contributed by atoms with E-state index in [0.29, 0.717) is 13.0 Å². The minimum atomic E-state index is -1.05. The number of ether oxygens (including phenoxy) is 1. The molecule has 0 radical (unpaired) electrons. The van der Waals surface area contributed by atoms with Crippen molar-refractivity contribution < 1.29 is 13.9 Å². The van der Waals surface area contributed by atoms with E-state index in [1.54, 1.807) is 0 Å². The Kier molecular flexibility index (Phi) is 4.55. The first-order chi connectivity index (χ1) is 9.78. The number of benzene rings is 1. The highest BCUT2D eigenvalue weighted by atomic mass is 19.1. The largest absolute Gasteiger partial charge is 0.444 e. The van der Waals surface area contributed by atoms with Crippen LogP contribution in [0.15, 0.2) is 24.3 Å². The van der Waals surface area contributed by atoms with Crippen LogP contribution in [0.2, 0.25) is 0 Å². The van der Waals surface area contributed by atoms with Crippen molar-refractivity contribution in [2.75, 3.05) is 13.1 Å². The molecule has 1 aromatic rings. The van der Waals surface area contributed by atoms with Gasteiger partial charge in [-0.2, -0.15) is 0 Å². The van der Waals surface area contributed by atoms with Crippen molar-refractivity contribution in [3.05, 3.63) is 35.4 Å². The van der Waals surface area contributed by atoms with E-state index in [1.165, 1.54) is 4.90 Å². The molecule has 1 aliphatic rings. The van der Waals surface area contributed by atoms with E-state index in [-0.39, 0.29) is 12.5 Å². The summed E-state index contributed by atoms with van der Waals surface area (Å²) < 4.78 is 19.8. The fraction of sp³-hybridized carbons (Fsp3) is 0.588. The number of rotatable bonds is 1. The van der Waals surface area contributed by atoms with Gasteiger partial charge in [-0.25, -0.2) is 9.18 Å². The number of hydrogen-bond donors (Lipinski definition) is 0. The number of piperidine rings is 1. The molecule has 0 spiro atoms. The first kappa shape index (κ1) is 15.8. The molecule has 2 atom stereocenters. The maximum absolute atomic E-state index is 14.5. The zero-order chi connectivity index (χ0) is 15.6. The fourth-order valence-corrected chi connectivity index (χ4v) is 2.75. The molecule has 0 saturated carbocycles. The molecule has 1 aromatic carbocycles. The minimum Gasteiger partial charge on any atom is -0.444 e. The molecule has 0 aromatic heterocycles. The lowest BCUT2D eigenvalue weighted by atomic mass is 9.85. The fourth-order valence-electron chi connectivity index (χ4n) is 2.75. The Morgan fingerprint density at radius 3 is 2.57 bits per heavy atom. The van der Waals surface area contributed by atoms with Gasteiger partial charge < -0.3 is 9.64 Å². The molecule has 1 saturated heterocycles. The quantitative estimate of drug-likeness (QED) is 0.781. The third-order valence-electron chi connectivity index (χ3n) is 3.78. The van der Waals surface area contributed by atoms with Gasteiger partial charge in [-0.15, -0.1) is 0 Å². The number of carbonyl (C=O) groups is 1. The molecule has 1 amide bonds. The Hall–Kier alpha value is -1.58. The summed E-state index contributed by atoms with van der Waals surface area (Å²) >= 11 is 0. The van der Waals surface area contributed by atoms with Crippen LogP contribution < -0.4 is 0 Å². The lowest BCUT2D eigenvalue weighted by Gasteiger charge is -2.36. The van der Waals surface area contributed by atoms with Gasteiger partial charge in [0.2, 0.25) is 0 Å². The number of likely N-dealkylation sites (tertiary alicyclic amines) is 1. The van der Waals surface area contributed by atoms with Crippen molar-refractivity contribution in [3.8, 4) is 0 Å². The number of alkyl halides is 1. The highest BCUT2D eigenvalue weighted by Gasteiger charge is 2.34. The van der Waals surface area contributed by atoms with E-state index >= 15 is 0 Å². The molecule has 2 rings (SSSR count). The molecular formula is C17H24FNO2. The van der Waals surface area contributed by atoms with E-state index in [2.05, 4.69) is 0 Å². The molecule has 0 bridgehead atoms. The molecule has 1 fully saturated rings. The lowest BCUT2D eigenvalue weighted by molar-refractivity contribution is 0.0111. The van der Waals surface area contributed by atoms with Gasteiger partial charge in [0.05, 0.1) is 6.54 Å². The smallest absolute Gasteiger partial charge is 0.410 e. The van der Waals surface area contributed by atoms with Crippen LogP contribution in [0.25, 0.3) is 0 Å². The van der Waals surface area contributed by atoms with Crippen molar-refractivity contribution in [3.63, 3.8) is 0 Å². The average molecular weight is 293 g/mol. The predicted octanol–water partition coefficient (Wildman–Crippen LogP) is 4.06. The zero-order valence-electron chi connectivity index (χ0n) is 13.2. The molecule has 1 aliphatic heterocycles. The number of amides is 1. The van der Waals surface area contributed by atoms with Crippen molar-refractivity contribution in [1.82, 2.24) is 4.90 Å². The van der Waals surface area contributed by atoms with Gasteiger partial charge in [0.25, 0.3) is 0 Å². The summed E-state index contributed by atoms with van der Waals surface area (Å²) in [5.41, 5.74) is 1.61. The summed E-state index contributed by atoms with van der Waals surface area (Å²) in [6.45, 7) is 8.10. The van der Waals surface area contributed by atoms with E-state index in [1.807, 2.05) is 52.0 Å². The van der Waals surface area contributed by atoms with Gasteiger partial charge in [-0.1, -0.05) is 24.3 Å². The van der Waals surface area contributed by atoms with Crippen molar-refractivity contribution >= 4 is 6.09 Å². The SMILES string of the molecule is Cc1ccccc1C1CCN(C(=O)OC(C)(C)C)CC1F. The van der Waals surface area contributed by atoms with Gasteiger partial charge in [0, 0.05) is 12.5 Å². The van der Waals surface area contributed by atoms with Crippen LogP contribution in [0.3, 0.4) is 0 Å². The van der Waals surface area contributed by atoms with Crippen LogP contribution in [0.4, 0.5) is 9.18 Å². The number of halogens is 1. The van der Waals surface area contributed by atoms with Gasteiger partial charge in [-0.05, 0) is 45.2 Å². The molecule has 1 heterocycles. The van der Waals surface area contributed by atoms with E-state index in [4.69, 9.17) is 4.74 Å². The highest BCUT2D eigenvalue weighted by Crippen LogP contribution is 2.32. The predicted molar refractivity (Wildman–Crippen MR) is 81.2 cm³/mol. The molecule has 2 unspecified atom stereocenters. The van der Waals surface area contributed by atoms with E-state index < -0.39 is 17.9 Å². The molecule has 0 aliphatic carbocycles. The monoisotopic (exact) mass is 293 g/mol. The Morgan fingerprint density at radius 1 is 1.33 bits per heavy atom. The summed E-state index contributed by atoms with van der Waals surface area (Å²) in [4.78, 5) is 13.5. The second-order valence-corrected chi connectivity index (χ2v) is 6.69. The minimum absolute atomic E-state index is 0.105. The number of hydrogen-bond acceptors (Lipinski definition) is 2. The summed E-state index contributed by atoms with van der Waals surface area (Å²) in [6, 6.07) is 7.88. The van der Waals surface area contributed by atoms with Gasteiger partial charge >= 0.3 is 6.09 Å². The highest BCUT2D eigenvalue weighted by molar-refractivity contribution is 5.68. The molecule has 21 heavy (non-hydrogen) atoms. The Labute approximate surface area is 126 Å². The zero-order valence-corrected chi connectivity index (χ0v) is 13.2. The standard InChI is InChI=1S/C17H24FNO2/c1-12-7-5-6-8-13(12)14-9-10-19(11-15(14)18)16(20)21-17(2,3)4/h5-8,14-15H,9-11H2,1-4H3. The summed E-state index contributed by atoms with van der Waals surface area (Å²) in [5.74, 6) is -0.134. The molecule has 0 N–H and O–H groups in total. The summed E-state index contributed by atoms with van der Waals surface area (Å²) in [5, 5.41) is 0. The average Bonchev–Trinajstić information content (AvgIpc) is 2.38. The third kappa shape index (κ3) is 3.96.